The van der Waals surface area contributed by atoms with E-state index in [0.717, 1.165) is 75.8 Å². The molecule has 2 amide bonds. The molecule has 4 rings (SSSR count). The van der Waals surface area contributed by atoms with Crippen molar-refractivity contribution < 1.29 is 9.59 Å². The third-order valence-corrected chi connectivity index (χ3v) is 7.46. The molecule has 1 aromatic rings. The quantitative estimate of drug-likeness (QED) is 0.697. The summed E-state index contributed by atoms with van der Waals surface area (Å²) in [6, 6.07) is 1.81. The van der Waals surface area contributed by atoms with Crippen LogP contribution >= 0.6 is 15.9 Å². The van der Waals surface area contributed by atoms with Crippen LogP contribution < -0.4 is 0 Å². The number of hydrogen-bond acceptors (Lipinski definition) is 4. The fraction of sp³-hybridized carbons (Fsp3) is 0.667. The second-order valence-electron chi connectivity index (χ2n) is 8.77. The van der Waals surface area contributed by atoms with E-state index in [4.69, 9.17) is 0 Å². The molecule has 1 unspecified atom stereocenters. The van der Waals surface area contributed by atoms with Crippen molar-refractivity contribution in [2.24, 2.45) is 11.3 Å². The van der Waals surface area contributed by atoms with Crippen LogP contribution in [0.3, 0.4) is 0 Å². The predicted octanol–water partition coefficient (Wildman–Crippen LogP) is 2.64. The number of hydrogen-bond donors (Lipinski definition) is 0. The first-order valence-corrected chi connectivity index (χ1v) is 11.1. The second-order valence-corrected chi connectivity index (χ2v) is 9.63. The minimum Gasteiger partial charge on any atom is -0.342 e. The standard InChI is InChI=1S/C21H29BrN4O2/c1-24-10-4-16(5-11-24)19(27)25-9-2-6-21(14-25)7-12-26(15-21)20(28)17-13-23-8-3-18(17)22/h3,8,13,16H,2,4-7,9-12,14-15H2,1H3. The van der Waals surface area contributed by atoms with Crippen molar-refractivity contribution in [2.75, 3.05) is 46.3 Å². The number of carbonyl (C=O) groups is 2. The molecule has 0 N–H and O–H groups in total. The number of nitrogens with zero attached hydrogens (tertiary/aromatic N) is 4. The van der Waals surface area contributed by atoms with E-state index in [0.29, 0.717) is 11.5 Å². The highest BCUT2D eigenvalue weighted by Gasteiger charge is 2.44. The Labute approximate surface area is 175 Å². The molecule has 3 aliphatic heterocycles. The van der Waals surface area contributed by atoms with Gasteiger partial charge in [0.2, 0.25) is 5.91 Å². The number of rotatable bonds is 2. The second kappa shape index (κ2) is 8.11. The highest BCUT2D eigenvalue weighted by atomic mass is 79.9. The molecule has 0 bridgehead atoms. The van der Waals surface area contributed by atoms with Gasteiger partial charge in [-0.05, 0) is 74.2 Å². The predicted molar refractivity (Wildman–Crippen MR) is 111 cm³/mol. The third kappa shape index (κ3) is 3.96. The lowest BCUT2D eigenvalue weighted by atomic mass is 9.78. The van der Waals surface area contributed by atoms with Crippen molar-refractivity contribution >= 4 is 27.7 Å². The number of pyridine rings is 1. The molecule has 3 aliphatic rings. The summed E-state index contributed by atoms with van der Waals surface area (Å²) in [5, 5.41) is 0. The van der Waals surface area contributed by atoms with Crippen LogP contribution in [0.5, 0.6) is 0 Å². The van der Waals surface area contributed by atoms with Crippen LogP contribution in [-0.4, -0.2) is 77.8 Å². The average Bonchev–Trinajstić information content (AvgIpc) is 3.11. The van der Waals surface area contributed by atoms with Crippen molar-refractivity contribution in [3.05, 3.63) is 28.5 Å². The van der Waals surface area contributed by atoms with Crippen LogP contribution in [0.2, 0.25) is 0 Å². The van der Waals surface area contributed by atoms with E-state index in [1.54, 1.807) is 12.4 Å². The van der Waals surface area contributed by atoms with Gasteiger partial charge in [-0.1, -0.05) is 0 Å². The van der Waals surface area contributed by atoms with Gasteiger partial charge in [0.05, 0.1) is 5.56 Å². The highest BCUT2D eigenvalue weighted by Crippen LogP contribution is 2.40. The van der Waals surface area contributed by atoms with Crippen molar-refractivity contribution in [1.82, 2.24) is 19.7 Å². The summed E-state index contributed by atoms with van der Waals surface area (Å²) in [6.45, 7) is 5.20. The topological polar surface area (TPSA) is 56.8 Å². The zero-order chi connectivity index (χ0) is 19.7. The molecule has 1 spiro atoms. The maximum absolute atomic E-state index is 13.1. The number of carbonyl (C=O) groups excluding carboxylic acids is 2. The monoisotopic (exact) mass is 448 g/mol. The van der Waals surface area contributed by atoms with Gasteiger partial charge >= 0.3 is 0 Å². The maximum Gasteiger partial charge on any atom is 0.256 e. The summed E-state index contributed by atoms with van der Waals surface area (Å²) in [5.41, 5.74) is 0.679. The van der Waals surface area contributed by atoms with Crippen molar-refractivity contribution in [2.45, 2.75) is 32.1 Å². The minimum absolute atomic E-state index is 0.0376. The molecule has 3 saturated heterocycles. The molecule has 0 aliphatic carbocycles. The molecule has 152 valence electrons. The molecule has 3 fully saturated rings. The summed E-state index contributed by atoms with van der Waals surface area (Å²) in [5.74, 6) is 0.555. The average molecular weight is 449 g/mol. The van der Waals surface area contributed by atoms with Gasteiger partial charge in [0, 0.05) is 54.4 Å². The van der Waals surface area contributed by atoms with E-state index in [-0.39, 0.29) is 17.2 Å². The smallest absolute Gasteiger partial charge is 0.256 e. The van der Waals surface area contributed by atoms with Crippen LogP contribution in [0.25, 0.3) is 0 Å². The SMILES string of the molecule is CN1CCC(C(=O)N2CCCC3(CCN(C(=O)c4cnccc4Br)C3)C2)CC1. The van der Waals surface area contributed by atoms with E-state index in [2.05, 4.69) is 37.8 Å². The fourth-order valence-corrected chi connectivity index (χ4v) is 5.45. The Kier molecular flexibility index (Phi) is 5.74. The molecular formula is C21H29BrN4O2. The zero-order valence-corrected chi connectivity index (χ0v) is 18.2. The van der Waals surface area contributed by atoms with Gasteiger partial charge in [-0.2, -0.15) is 0 Å². The summed E-state index contributed by atoms with van der Waals surface area (Å²) >= 11 is 3.46. The zero-order valence-electron chi connectivity index (χ0n) is 16.6. The summed E-state index contributed by atoms with van der Waals surface area (Å²) in [7, 11) is 2.13. The van der Waals surface area contributed by atoms with E-state index < -0.39 is 0 Å². The molecular weight excluding hydrogens is 420 g/mol. The van der Waals surface area contributed by atoms with Crippen LogP contribution in [0.15, 0.2) is 22.9 Å². The van der Waals surface area contributed by atoms with Gasteiger partial charge in [-0.25, -0.2) is 0 Å². The third-order valence-electron chi connectivity index (χ3n) is 6.76. The van der Waals surface area contributed by atoms with Gasteiger partial charge in [0.25, 0.3) is 5.91 Å². The highest BCUT2D eigenvalue weighted by molar-refractivity contribution is 9.10. The fourth-order valence-electron chi connectivity index (χ4n) is 5.06. The van der Waals surface area contributed by atoms with E-state index in [1.807, 2.05) is 11.0 Å². The van der Waals surface area contributed by atoms with Gasteiger partial charge < -0.3 is 14.7 Å². The molecule has 0 saturated carbocycles. The first kappa shape index (κ1) is 19.8. The minimum atomic E-state index is 0.0376. The van der Waals surface area contributed by atoms with Crippen LogP contribution in [-0.2, 0) is 4.79 Å². The van der Waals surface area contributed by atoms with Crippen molar-refractivity contribution in [3.8, 4) is 0 Å². The Morgan fingerprint density at radius 1 is 1.11 bits per heavy atom. The van der Waals surface area contributed by atoms with Gasteiger partial charge in [0.15, 0.2) is 0 Å². The largest absolute Gasteiger partial charge is 0.342 e. The van der Waals surface area contributed by atoms with Crippen molar-refractivity contribution in [3.63, 3.8) is 0 Å². The maximum atomic E-state index is 13.1. The Balaban J connectivity index is 1.41. The normalized spacial score (nSPS) is 26.8. The molecule has 0 radical (unpaired) electrons. The molecule has 0 aromatic carbocycles. The van der Waals surface area contributed by atoms with Crippen LogP contribution in [0, 0.1) is 11.3 Å². The van der Waals surface area contributed by atoms with Crippen LogP contribution in [0.1, 0.15) is 42.5 Å². The molecule has 28 heavy (non-hydrogen) atoms. The first-order chi connectivity index (χ1) is 13.5. The Morgan fingerprint density at radius 3 is 2.61 bits per heavy atom. The number of piperidine rings is 2. The van der Waals surface area contributed by atoms with E-state index in [9.17, 15) is 9.59 Å². The number of amides is 2. The Bertz CT molecular complexity index is 750. The number of aromatic nitrogens is 1. The number of likely N-dealkylation sites (tertiary alicyclic amines) is 3. The number of halogens is 1. The Hall–Kier alpha value is -1.47. The van der Waals surface area contributed by atoms with Gasteiger partial charge in [0.1, 0.15) is 0 Å². The molecule has 1 aromatic heterocycles. The molecule has 6 nitrogen and oxygen atoms in total. The lowest BCUT2D eigenvalue weighted by Gasteiger charge is -2.42. The molecule has 1 atom stereocenters. The van der Waals surface area contributed by atoms with Crippen LogP contribution in [0.4, 0.5) is 0 Å². The summed E-state index contributed by atoms with van der Waals surface area (Å²) in [4.78, 5) is 36.5. The van der Waals surface area contributed by atoms with E-state index >= 15 is 0 Å². The molecule has 7 heteroatoms. The van der Waals surface area contributed by atoms with Gasteiger partial charge in [-0.3, -0.25) is 14.6 Å². The lowest BCUT2D eigenvalue weighted by molar-refractivity contribution is -0.140. The summed E-state index contributed by atoms with van der Waals surface area (Å²) in [6.07, 6.45) is 8.37. The lowest BCUT2D eigenvalue weighted by Crippen LogP contribution is -2.50. The summed E-state index contributed by atoms with van der Waals surface area (Å²) < 4.78 is 0.788. The first-order valence-electron chi connectivity index (χ1n) is 10.3. The van der Waals surface area contributed by atoms with Gasteiger partial charge in [-0.15, -0.1) is 0 Å². The van der Waals surface area contributed by atoms with Crippen molar-refractivity contribution in [1.29, 1.82) is 0 Å². The van der Waals surface area contributed by atoms with E-state index in [1.165, 1.54) is 0 Å². The Morgan fingerprint density at radius 2 is 1.86 bits per heavy atom. The molecule has 4 heterocycles.